The number of rotatable bonds is 15. The third-order valence-electron chi connectivity index (χ3n) is 3.93. The Morgan fingerprint density at radius 2 is 1.46 bits per heavy atom. The van der Waals surface area contributed by atoms with Gasteiger partial charge in [-0.1, -0.05) is 83.4 Å². The molecule has 0 aromatic carbocycles. The first-order valence-corrected chi connectivity index (χ1v) is 9.94. The van der Waals surface area contributed by atoms with E-state index in [0.29, 0.717) is 12.2 Å². The fraction of sp³-hybridized carbons (Fsp3) is 0.682. The molecule has 0 amide bonds. The maximum atomic E-state index is 12.0. The van der Waals surface area contributed by atoms with Crippen LogP contribution < -0.4 is 0 Å². The molecule has 2 nitrogen and oxygen atoms in total. The van der Waals surface area contributed by atoms with Crippen LogP contribution in [-0.2, 0) is 9.53 Å². The Morgan fingerprint density at radius 1 is 0.833 bits per heavy atom. The van der Waals surface area contributed by atoms with Crippen molar-refractivity contribution in [3.8, 4) is 0 Å². The SMILES string of the molecule is C/C=C/C=C/C(=C/CCCCCCC)OC(=O)CCCCCCC. The predicted octanol–water partition coefficient (Wildman–Crippen LogP) is 7.27. The summed E-state index contributed by atoms with van der Waals surface area (Å²) in [6.45, 7) is 6.40. The average Bonchev–Trinajstić information content (AvgIpc) is 2.57. The average molecular weight is 335 g/mol. The molecular formula is C22H38O2. The smallest absolute Gasteiger partial charge is 0.311 e. The number of hydrogen-bond acceptors (Lipinski definition) is 2. The highest BCUT2D eigenvalue weighted by Gasteiger charge is 2.05. The van der Waals surface area contributed by atoms with E-state index in [0.717, 1.165) is 25.7 Å². The highest BCUT2D eigenvalue weighted by atomic mass is 16.5. The Morgan fingerprint density at radius 3 is 2.08 bits per heavy atom. The van der Waals surface area contributed by atoms with Crippen molar-refractivity contribution >= 4 is 5.97 Å². The van der Waals surface area contributed by atoms with E-state index in [2.05, 4.69) is 19.9 Å². The van der Waals surface area contributed by atoms with Gasteiger partial charge in [-0.15, -0.1) is 0 Å². The van der Waals surface area contributed by atoms with Gasteiger partial charge < -0.3 is 4.74 Å². The summed E-state index contributed by atoms with van der Waals surface area (Å²) in [5.41, 5.74) is 0. The molecule has 138 valence electrons. The van der Waals surface area contributed by atoms with Crippen molar-refractivity contribution in [1.82, 2.24) is 0 Å². The second-order valence-electron chi connectivity index (χ2n) is 6.33. The Kier molecular flexibility index (Phi) is 17.1. The van der Waals surface area contributed by atoms with Gasteiger partial charge in [0.15, 0.2) is 0 Å². The molecule has 0 aliphatic rings. The number of esters is 1. The minimum absolute atomic E-state index is 0.103. The molecule has 0 fully saturated rings. The Balaban J connectivity index is 4.20. The van der Waals surface area contributed by atoms with E-state index in [1.165, 1.54) is 44.9 Å². The Hall–Kier alpha value is -1.31. The van der Waals surface area contributed by atoms with Crippen molar-refractivity contribution in [2.45, 2.75) is 97.8 Å². The van der Waals surface area contributed by atoms with Crippen molar-refractivity contribution < 1.29 is 9.53 Å². The van der Waals surface area contributed by atoms with Gasteiger partial charge in [-0.3, -0.25) is 4.79 Å². The van der Waals surface area contributed by atoms with Gasteiger partial charge >= 0.3 is 5.97 Å². The van der Waals surface area contributed by atoms with Crippen LogP contribution in [0.5, 0.6) is 0 Å². The van der Waals surface area contributed by atoms with E-state index in [4.69, 9.17) is 4.74 Å². The van der Waals surface area contributed by atoms with Crippen molar-refractivity contribution in [2.24, 2.45) is 0 Å². The topological polar surface area (TPSA) is 26.3 Å². The summed E-state index contributed by atoms with van der Waals surface area (Å²) in [5.74, 6) is 0.594. The first-order valence-electron chi connectivity index (χ1n) is 9.94. The van der Waals surface area contributed by atoms with Gasteiger partial charge in [0.1, 0.15) is 5.76 Å². The van der Waals surface area contributed by atoms with Crippen molar-refractivity contribution in [1.29, 1.82) is 0 Å². The third kappa shape index (κ3) is 15.6. The van der Waals surface area contributed by atoms with E-state index in [9.17, 15) is 4.79 Å². The van der Waals surface area contributed by atoms with Crippen LogP contribution in [0.2, 0.25) is 0 Å². The zero-order chi connectivity index (χ0) is 17.9. The summed E-state index contributed by atoms with van der Waals surface area (Å²) >= 11 is 0. The number of carbonyl (C=O) groups is 1. The van der Waals surface area contributed by atoms with Gasteiger partial charge in [0, 0.05) is 6.42 Å². The van der Waals surface area contributed by atoms with Gasteiger partial charge in [0.2, 0.25) is 0 Å². The lowest BCUT2D eigenvalue weighted by atomic mass is 10.1. The second kappa shape index (κ2) is 18.0. The molecule has 0 aliphatic carbocycles. The number of carbonyl (C=O) groups excluding carboxylic acids is 1. The number of hydrogen-bond donors (Lipinski definition) is 0. The van der Waals surface area contributed by atoms with E-state index < -0.39 is 0 Å². The lowest BCUT2D eigenvalue weighted by Gasteiger charge is -2.06. The van der Waals surface area contributed by atoms with E-state index in [-0.39, 0.29) is 5.97 Å². The van der Waals surface area contributed by atoms with Crippen molar-refractivity contribution in [3.63, 3.8) is 0 Å². The van der Waals surface area contributed by atoms with Crippen LogP contribution in [0.3, 0.4) is 0 Å². The minimum atomic E-state index is -0.103. The molecular weight excluding hydrogens is 296 g/mol. The van der Waals surface area contributed by atoms with Crippen molar-refractivity contribution in [2.75, 3.05) is 0 Å². The molecule has 0 heterocycles. The molecule has 0 bridgehead atoms. The van der Waals surface area contributed by atoms with E-state index in [1.807, 2.05) is 31.2 Å². The molecule has 0 aliphatic heterocycles. The van der Waals surface area contributed by atoms with E-state index in [1.54, 1.807) is 0 Å². The number of allylic oxidation sites excluding steroid dienone is 5. The quantitative estimate of drug-likeness (QED) is 0.136. The van der Waals surface area contributed by atoms with Crippen LogP contribution in [0.4, 0.5) is 0 Å². The van der Waals surface area contributed by atoms with Crippen LogP contribution in [0, 0.1) is 0 Å². The van der Waals surface area contributed by atoms with Crippen LogP contribution in [0.15, 0.2) is 36.1 Å². The predicted molar refractivity (Wildman–Crippen MR) is 105 cm³/mol. The lowest BCUT2D eigenvalue weighted by Crippen LogP contribution is -2.03. The van der Waals surface area contributed by atoms with Gasteiger partial charge in [0.25, 0.3) is 0 Å². The minimum Gasteiger partial charge on any atom is -0.427 e. The summed E-state index contributed by atoms with van der Waals surface area (Å²) in [5, 5.41) is 0. The van der Waals surface area contributed by atoms with Gasteiger partial charge in [-0.25, -0.2) is 0 Å². The lowest BCUT2D eigenvalue weighted by molar-refractivity contribution is -0.139. The highest BCUT2D eigenvalue weighted by molar-refractivity contribution is 5.70. The second-order valence-corrected chi connectivity index (χ2v) is 6.33. The Labute approximate surface area is 150 Å². The molecule has 0 aromatic rings. The first kappa shape index (κ1) is 22.7. The molecule has 0 N–H and O–H groups in total. The fourth-order valence-corrected chi connectivity index (χ4v) is 2.45. The molecule has 0 spiro atoms. The maximum Gasteiger partial charge on any atom is 0.311 e. The number of unbranched alkanes of at least 4 members (excludes halogenated alkanes) is 9. The summed E-state index contributed by atoms with van der Waals surface area (Å²) in [7, 11) is 0. The summed E-state index contributed by atoms with van der Waals surface area (Å²) in [6.07, 6.45) is 23.3. The summed E-state index contributed by atoms with van der Waals surface area (Å²) in [4.78, 5) is 12.0. The highest BCUT2D eigenvalue weighted by Crippen LogP contribution is 2.11. The maximum absolute atomic E-state index is 12.0. The molecule has 0 atom stereocenters. The largest absolute Gasteiger partial charge is 0.427 e. The molecule has 0 saturated carbocycles. The van der Waals surface area contributed by atoms with Crippen LogP contribution in [-0.4, -0.2) is 5.97 Å². The van der Waals surface area contributed by atoms with Gasteiger partial charge in [-0.2, -0.15) is 0 Å². The molecule has 2 heteroatoms. The zero-order valence-corrected chi connectivity index (χ0v) is 16.2. The Bertz CT molecular complexity index is 377. The summed E-state index contributed by atoms with van der Waals surface area (Å²) in [6, 6.07) is 0. The molecule has 0 saturated heterocycles. The van der Waals surface area contributed by atoms with E-state index >= 15 is 0 Å². The van der Waals surface area contributed by atoms with Crippen LogP contribution in [0.1, 0.15) is 97.8 Å². The normalized spacial score (nSPS) is 12.4. The fourth-order valence-electron chi connectivity index (χ4n) is 2.45. The molecule has 0 unspecified atom stereocenters. The molecule has 0 rings (SSSR count). The van der Waals surface area contributed by atoms with Gasteiger partial charge in [-0.05, 0) is 38.3 Å². The third-order valence-corrected chi connectivity index (χ3v) is 3.93. The molecule has 0 radical (unpaired) electrons. The standard InChI is InChI=1S/C22H38O2/c1-4-7-10-12-14-16-19-21(18-15-9-6-3)24-22(23)20-17-13-11-8-5-2/h6,9,15,18-19H,4-5,7-8,10-14,16-17,20H2,1-3H3/b9-6+,18-15+,21-19-. The van der Waals surface area contributed by atoms with Crippen LogP contribution >= 0.6 is 0 Å². The molecule has 0 aromatic heterocycles. The van der Waals surface area contributed by atoms with Gasteiger partial charge in [0.05, 0.1) is 0 Å². The monoisotopic (exact) mass is 334 g/mol. The first-order chi connectivity index (χ1) is 11.7. The zero-order valence-electron chi connectivity index (χ0n) is 16.2. The van der Waals surface area contributed by atoms with Crippen LogP contribution in [0.25, 0.3) is 0 Å². The summed E-state index contributed by atoms with van der Waals surface area (Å²) < 4.78 is 5.53. The molecule has 24 heavy (non-hydrogen) atoms. The number of ether oxygens (including phenoxy) is 1. The van der Waals surface area contributed by atoms with Crippen molar-refractivity contribution in [3.05, 3.63) is 36.1 Å².